The summed E-state index contributed by atoms with van der Waals surface area (Å²) in [5.74, 6) is 0. The van der Waals surface area contributed by atoms with Crippen LogP contribution in [-0.4, -0.2) is 17.5 Å². The van der Waals surface area contributed by atoms with Gasteiger partial charge in [-0.15, -0.1) is 0 Å². The van der Waals surface area contributed by atoms with Gasteiger partial charge in [-0.3, -0.25) is 0 Å². The fourth-order valence-electron chi connectivity index (χ4n) is 2.56. The molecule has 0 spiro atoms. The van der Waals surface area contributed by atoms with Crippen LogP contribution in [0.4, 0.5) is 0 Å². The van der Waals surface area contributed by atoms with Crippen molar-refractivity contribution < 1.29 is 13.5 Å². The van der Waals surface area contributed by atoms with E-state index in [9.17, 15) is 13.5 Å². The van der Waals surface area contributed by atoms with Crippen LogP contribution in [0.15, 0.2) is 59.5 Å². The average molecular weight is 301 g/mol. The normalized spacial score (nSPS) is 11.9. The third-order valence-electron chi connectivity index (χ3n) is 3.52. The molecule has 0 saturated heterocycles. The fourth-order valence-corrected chi connectivity index (χ4v) is 4.12. The van der Waals surface area contributed by atoms with Gasteiger partial charge in [0.2, 0.25) is 0 Å². The molecule has 0 unspecified atom stereocenters. The average Bonchev–Trinajstić information content (AvgIpc) is 2.84. The molecule has 3 aromatic rings. The van der Waals surface area contributed by atoms with E-state index < -0.39 is 10.0 Å². The first kappa shape index (κ1) is 13.9. The Morgan fingerprint density at radius 3 is 2.43 bits per heavy atom. The molecule has 1 heterocycles. The summed E-state index contributed by atoms with van der Waals surface area (Å²) in [6, 6.07) is 15.4. The molecule has 0 aliphatic heterocycles. The Labute approximate surface area is 123 Å². The summed E-state index contributed by atoms with van der Waals surface area (Å²) in [6.07, 6.45) is 0. The fraction of sp³-hybridized carbons (Fsp3) is 0.125. The topological polar surface area (TPSA) is 59.3 Å². The molecule has 4 nitrogen and oxygen atoms in total. The molecule has 1 aromatic heterocycles. The molecule has 2 aromatic carbocycles. The van der Waals surface area contributed by atoms with Crippen molar-refractivity contribution in [1.82, 2.24) is 3.97 Å². The maximum absolute atomic E-state index is 12.8. The molecular weight excluding hydrogens is 286 g/mol. The summed E-state index contributed by atoms with van der Waals surface area (Å²) < 4.78 is 27.0. The van der Waals surface area contributed by atoms with Gasteiger partial charge < -0.3 is 5.11 Å². The van der Waals surface area contributed by atoms with Crippen LogP contribution in [0.1, 0.15) is 11.3 Å². The zero-order valence-electron chi connectivity index (χ0n) is 11.5. The molecule has 0 amide bonds. The van der Waals surface area contributed by atoms with Crippen LogP contribution in [0.3, 0.4) is 0 Å². The molecule has 108 valence electrons. The van der Waals surface area contributed by atoms with Gasteiger partial charge in [-0.05, 0) is 36.8 Å². The zero-order chi connectivity index (χ0) is 15.0. The van der Waals surface area contributed by atoms with Crippen LogP contribution in [0, 0.1) is 6.92 Å². The Morgan fingerprint density at radius 1 is 1.05 bits per heavy atom. The number of rotatable bonds is 3. The van der Waals surface area contributed by atoms with E-state index in [1.807, 2.05) is 0 Å². The van der Waals surface area contributed by atoms with Crippen molar-refractivity contribution in [3.8, 4) is 0 Å². The van der Waals surface area contributed by atoms with Gasteiger partial charge in [0.05, 0.1) is 17.0 Å². The number of benzene rings is 2. The lowest BCUT2D eigenvalue weighted by Crippen LogP contribution is -2.14. The summed E-state index contributed by atoms with van der Waals surface area (Å²) in [7, 11) is -3.64. The minimum absolute atomic E-state index is 0.119. The predicted octanol–water partition coefficient (Wildman–Crippen LogP) is 2.68. The first-order chi connectivity index (χ1) is 10.1. The number of aliphatic hydroxyl groups excluding tert-OH is 1. The van der Waals surface area contributed by atoms with Crippen molar-refractivity contribution in [1.29, 1.82) is 0 Å². The van der Waals surface area contributed by atoms with E-state index in [0.29, 0.717) is 11.2 Å². The molecule has 0 atom stereocenters. The third-order valence-corrected chi connectivity index (χ3v) is 5.35. The summed E-state index contributed by atoms with van der Waals surface area (Å²) in [5, 5.41) is 10.2. The van der Waals surface area contributed by atoms with E-state index in [2.05, 4.69) is 0 Å². The van der Waals surface area contributed by atoms with Gasteiger partial charge in [-0.25, -0.2) is 12.4 Å². The maximum Gasteiger partial charge on any atom is 0.268 e. The van der Waals surface area contributed by atoms with E-state index >= 15 is 0 Å². The molecular formula is C16H15NO3S. The second-order valence-corrected chi connectivity index (χ2v) is 6.66. The highest BCUT2D eigenvalue weighted by Crippen LogP contribution is 2.27. The smallest absolute Gasteiger partial charge is 0.268 e. The Balaban J connectivity index is 2.34. The quantitative estimate of drug-likeness (QED) is 0.809. The monoisotopic (exact) mass is 301 g/mol. The minimum atomic E-state index is -3.64. The summed E-state index contributed by atoms with van der Waals surface area (Å²) in [6.45, 7) is 1.63. The molecule has 0 saturated carbocycles. The summed E-state index contributed by atoms with van der Waals surface area (Å²) in [4.78, 5) is 0.250. The van der Waals surface area contributed by atoms with Crippen LogP contribution in [0.5, 0.6) is 0 Å². The Morgan fingerprint density at radius 2 is 1.76 bits per heavy atom. The highest BCUT2D eigenvalue weighted by molar-refractivity contribution is 7.90. The second-order valence-electron chi connectivity index (χ2n) is 4.88. The van der Waals surface area contributed by atoms with Crippen molar-refractivity contribution in [2.24, 2.45) is 0 Å². The molecule has 5 heteroatoms. The first-order valence-electron chi connectivity index (χ1n) is 6.57. The number of aliphatic hydroxyl groups is 1. The number of hydrogen-bond acceptors (Lipinski definition) is 3. The predicted molar refractivity (Wildman–Crippen MR) is 81.6 cm³/mol. The van der Waals surface area contributed by atoms with E-state index in [4.69, 9.17) is 0 Å². The van der Waals surface area contributed by atoms with E-state index in [1.54, 1.807) is 61.5 Å². The lowest BCUT2D eigenvalue weighted by Gasteiger charge is -2.10. The van der Waals surface area contributed by atoms with E-state index in [0.717, 1.165) is 10.9 Å². The van der Waals surface area contributed by atoms with Crippen molar-refractivity contribution in [2.45, 2.75) is 18.4 Å². The molecule has 1 N–H and O–H groups in total. The van der Waals surface area contributed by atoms with Crippen molar-refractivity contribution >= 4 is 20.9 Å². The minimum Gasteiger partial charge on any atom is -0.392 e. The number of aryl methyl sites for hydroxylation is 1. The van der Waals surface area contributed by atoms with Crippen LogP contribution >= 0.6 is 0 Å². The lowest BCUT2D eigenvalue weighted by atomic mass is 10.1. The van der Waals surface area contributed by atoms with Crippen molar-refractivity contribution in [2.75, 3.05) is 0 Å². The number of nitrogens with zero attached hydrogens (tertiary/aromatic N) is 1. The van der Waals surface area contributed by atoms with Gasteiger partial charge in [-0.2, -0.15) is 0 Å². The van der Waals surface area contributed by atoms with Crippen LogP contribution < -0.4 is 0 Å². The molecule has 3 rings (SSSR count). The lowest BCUT2D eigenvalue weighted by molar-refractivity contribution is 0.283. The van der Waals surface area contributed by atoms with Gasteiger partial charge in [0.25, 0.3) is 10.0 Å². The molecule has 21 heavy (non-hydrogen) atoms. The summed E-state index contributed by atoms with van der Waals surface area (Å²) in [5.41, 5.74) is 1.93. The Hall–Kier alpha value is -2.11. The van der Waals surface area contributed by atoms with Crippen molar-refractivity contribution in [3.05, 3.63) is 65.9 Å². The number of fused-ring (bicyclic) bond motifs is 1. The second kappa shape index (κ2) is 5.02. The Bertz CT molecular complexity index is 896. The van der Waals surface area contributed by atoms with Crippen LogP contribution in [-0.2, 0) is 16.6 Å². The van der Waals surface area contributed by atoms with Gasteiger partial charge in [0, 0.05) is 11.1 Å². The Kier molecular flexibility index (Phi) is 3.31. The molecule has 0 aliphatic carbocycles. The molecule has 0 radical (unpaired) electrons. The van der Waals surface area contributed by atoms with Gasteiger partial charge >= 0.3 is 0 Å². The van der Waals surface area contributed by atoms with Crippen LogP contribution in [0.25, 0.3) is 10.9 Å². The number of aromatic nitrogens is 1. The highest BCUT2D eigenvalue weighted by atomic mass is 32.2. The standard InChI is InChI=1S/C16H15NO3S/c1-12-10-15-13(11-18)6-5-9-16(15)17(12)21(19,20)14-7-3-2-4-8-14/h2-10,18H,11H2,1H3. The van der Waals surface area contributed by atoms with Gasteiger partial charge in [-0.1, -0.05) is 30.3 Å². The zero-order valence-corrected chi connectivity index (χ0v) is 12.3. The van der Waals surface area contributed by atoms with Crippen LogP contribution in [0.2, 0.25) is 0 Å². The van der Waals surface area contributed by atoms with Gasteiger partial charge in [0.1, 0.15) is 0 Å². The molecule has 0 bridgehead atoms. The largest absolute Gasteiger partial charge is 0.392 e. The molecule has 0 fully saturated rings. The SMILES string of the molecule is Cc1cc2c(CO)cccc2n1S(=O)(=O)c1ccccc1. The summed E-state index contributed by atoms with van der Waals surface area (Å²) >= 11 is 0. The van der Waals surface area contributed by atoms with Gasteiger partial charge in [0.15, 0.2) is 0 Å². The number of hydrogen-bond donors (Lipinski definition) is 1. The third kappa shape index (κ3) is 2.14. The van der Waals surface area contributed by atoms with E-state index in [1.165, 1.54) is 3.97 Å². The first-order valence-corrected chi connectivity index (χ1v) is 8.01. The van der Waals surface area contributed by atoms with Crippen molar-refractivity contribution in [3.63, 3.8) is 0 Å². The highest BCUT2D eigenvalue weighted by Gasteiger charge is 2.21. The van der Waals surface area contributed by atoms with E-state index in [-0.39, 0.29) is 11.5 Å². The molecule has 0 aliphatic rings. The maximum atomic E-state index is 12.8.